The molecule has 0 aliphatic heterocycles. The number of fused-ring (bicyclic) bond motifs is 5. The van der Waals surface area contributed by atoms with Gasteiger partial charge in [-0.25, -0.2) is 14.5 Å². The van der Waals surface area contributed by atoms with Gasteiger partial charge in [0, 0.05) is 10.9 Å². The summed E-state index contributed by atoms with van der Waals surface area (Å²) < 4.78 is 12.9. The lowest BCUT2D eigenvalue weighted by molar-refractivity contribution is 0.294. The van der Waals surface area contributed by atoms with Crippen molar-refractivity contribution in [2.45, 2.75) is 38.7 Å². The fourth-order valence-electron chi connectivity index (χ4n) is 3.68. The summed E-state index contributed by atoms with van der Waals surface area (Å²) in [5, 5.41) is 5.74. The maximum atomic E-state index is 5.85. The zero-order valence-corrected chi connectivity index (χ0v) is 16.0. The molecule has 0 spiro atoms. The third kappa shape index (κ3) is 3.02. The molecule has 0 fully saturated rings. The standard InChI is InChI=1S/C20H20N4O2S/c1-25-13-6-5-7-14(10-13)26-11-17-22-19-18-15-8-3-2-4-9-16(15)27-20(18)21-12-24(19)23-17/h5-7,10,12H,2-4,8-9,11H2,1H3. The van der Waals surface area contributed by atoms with Crippen LogP contribution in [0.2, 0.25) is 0 Å². The van der Waals surface area contributed by atoms with E-state index in [0.717, 1.165) is 34.8 Å². The second-order valence-electron chi connectivity index (χ2n) is 6.75. The van der Waals surface area contributed by atoms with E-state index >= 15 is 0 Å². The van der Waals surface area contributed by atoms with Gasteiger partial charge in [-0.05, 0) is 43.4 Å². The first kappa shape index (κ1) is 16.5. The van der Waals surface area contributed by atoms with Gasteiger partial charge in [0.1, 0.15) is 29.3 Å². The monoisotopic (exact) mass is 380 g/mol. The fraction of sp³-hybridized carbons (Fsp3) is 0.350. The molecular weight excluding hydrogens is 360 g/mol. The number of methoxy groups -OCH3 is 1. The maximum Gasteiger partial charge on any atom is 0.189 e. The molecule has 7 heteroatoms. The number of aromatic nitrogens is 4. The number of thiophene rings is 1. The Morgan fingerprint density at radius 3 is 2.96 bits per heavy atom. The molecule has 0 saturated carbocycles. The Balaban J connectivity index is 1.49. The minimum Gasteiger partial charge on any atom is -0.497 e. The van der Waals surface area contributed by atoms with Crippen molar-refractivity contribution in [1.82, 2.24) is 19.6 Å². The summed E-state index contributed by atoms with van der Waals surface area (Å²) in [5.41, 5.74) is 2.32. The van der Waals surface area contributed by atoms with Crippen LogP contribution in [-0.2, 0) is 19.4 Å². The van der Waals surface area contributed by atoms with Gasteiger partial charge < -0.3 is 9.47 Å². The average molecular weight is 380 g/mol. The minimum absolute atomic E-state index is 0.308. The van der Waals surface area contributed by atoms with E-state index in [1.54, 1.807) is 18.0 Å². The highest BCUT2D eigenvalue weighted by atomic mass is 32.1. The number of hydrogen-bond donors (Lipinski definition) is 0. The van der Waals surface area contributed by atoms with Gasteiger partial charge in [-0.15, -0.1) is 16.4 Å². The Bertz CT molecular complexity index is 1120. The van der Waals surface area contributed by atoms with Crippen molar-refractivity contribution < 1.29 is 9.47 Å². The minimum atomic E-state index is 0.308. The molecule has 6 nitrogen and oxygen atoms in total. The van der Waals surface area contributed by atoms with Gasteiger partial charge in [0.05, 0.1) is 12.5 Å². The topological polar surface area (TPSA) is 61.5 Å². The van der Waals surface area contributed by atoms with E-state index in [9.17, 15) is 0 Å². The molecule has 0 radical (unpaired) electrons. The molecule has 0 N–H and O–H groups in total. The Labute approximate surface area is 160 Å². The summed E-state index contributed by atoms with van der Waals surface area (Å²) in [6.07, 6.45) is 7.82. The number of nitrogens with zero attached hydrogens (tertiary/aromatic N) is 4. The van der Waals surface area contributed by atoms with Crippen LogP contribution < -0.4 is 9.47 Å². The summed E-state index contributed by atoms with van der Waals surface area (Å²) >= 11 is 1.81. The van der Waals surface area contributed by atoms with Gasteiger partial charge in [-0.3, -0.25) is 0 Å². The van der Waals surface area contributed by atoms with Crippen LogP contribution in [0.4, 0.5) is 0 Å². The molecule has 0 unspecified atom stereocenters. The molecule has 3 aromatic heterocycles. The summed E-state index contributed by atoms with van der Waals surface area (Å²) in [6, 6.07) is 7.55. The molecule has 0 atom stereocenters. The Morgan fingerprint density at radius 2 is 2.04 bits per heavy atom. The van der Waals surface area contributed by atoms with Gasteiger partial charge in [0.25, 0.3) is 0 Å². The van der Waals surface area contributed by atoms with Gasteiger partial charge in [-0.2, -0.15) is 0 Å². The normalized spacial score (nSPS) is 14.3. The lowest BCUT2D eigenvalue weighted by atomic mass is 10.1. The third-order valence-electron chi connectivity index (χ3n) is 4.99. The van der Waals surface area contributed by atoms with Crippen molar-refractivity contribution in [3.8, 4) is 11.5 Å². The molecule has 0 amide bonds. The molecule has 0 bridgehead atoms. The van der Waals surface area contributed by atoms with E-state index in [2.05, 4.69) is 10.1 Å². The van der Waals surface area contributed by atoms with E-state index in [4.69, 9.17) is 14.5 Å². The molecule has 1 aromatic carbocycles. The van der Waals surface area contributed by atoms with Crippen LogP contribution in [0, 0.1) is 0 Å². The number of hydrogen-bond acceptors (Lipinski definition) is 6. The molecular formula is C20H20N4O2S. The maximum absolute atomic E-state index is 5.85. The predicted octanol–water partition coefficient (Wildman–Crippen LogP) is 4.20. The number of benzene rings is 1. The van der Waals surface area contributed by atoms with Crippen LogP contribution in [0.15, 0.2) is 30.6 Å². The highest BCUT2D eigenvalue weighted by molar-refractivity contribution is 7.19. The second kappa shape index (κ2) is 6.81. The van der Waals surface area contributed by atoms with Gasteiger partial charge in [-0.1, -0.05) is 12.5 Å². The molecule has 1 aliphatic rings. The fourth-order valence-corrected chi connectivity index (χ4v) is 4.90. The van der Waals surface area contributed by atoms with Crippen molar-refractivity contribution in [2.75, 3.05) is 7.11 Å². The third-order valence-corrected chi connectivity index (χ3v) is 6.19. The number of aryl methyl sites for hydroxylation is 2. The van der Waals surface area contributed by atoms with Crippen LogP contribution >= 0.6 is 11.3 Å². The lowest BCUT2D eigenvalue weighted by Crippen LogP contribution is -1.98. The summed E-state index contributed by atoms with van der Waals surface area (Å²) in [6.45, 7) is 0.308. The zero-order valence-electron chi connectivity index (χ0n) is 15.1. The van der Waals surface area contributed by atoms with Crippen LogP contribution in [0.5, 0.6) is 11.5 Å². The summed E-state index contributed by atoms with van der Waals surface area (Å²) in [5.74, 6) is 2.16. The van der Waals surface area contributed by atoms with Crippen molar-refractivity contribution in [3.63, 3.8) is 0 Å². The Kier molecular flexibility index (Phi) is 4.16. The van der Waals surface area contributed by atoms with Crippen LogP contribution in [-0.4, -0.2) is 26.7 Å². The lowest BCUT2D eigenvalue weighted by Gasteiger charge is -2.05. The first-order valence-corrected chi connectivity index (χ1v) is 10.0. The van der Waals surface area contributed by atoms with Crippen molar-refractivity contribution >= 4 is 27.2 Å². The van der Waals surface area contributed by atoms with Crippen LogP contribution in [0.25, 0.3) is 15.9 Å². The largest absolute Gasteiger partial charge is 0.497 e. The van der Waals surface area contributed by atoms with E-state index in [-0.39, 0.29) is 0 Å². The average Bonchev–Trinajstić information content (AvgIpc) is 3.19. The highest BCUT2D eigenvalue weighted by Gasteiger charge is 2.20. The molecule has 27 heavy (non-hydrogen) atoms. The molecule has 5 rings (SSSR count). The first-order chi connectivity index (χ1) is 13.3. The molecule has 1 aliphatic carbocycles. The number of rotatable bonds is 4. The SMILES string of the molecule is COc1cccc(OCc2nc3c4c5c(sc4ncn3n2)CCCCC5)c1. The van der Waals surface area contributed by atoms with Gasteiger partial charge >= 0.3 is 0 Å². The molecule has 138 valence electrons. The van der Waals surface area contributed by atoms with Crippen LogP contribution in [0.1, 0.15) is 35.5 Å². The van der Waals surface area contributed by atoms with E-state index in [0.29, 0.717) is 12.4 Å². The smallest absolute Gasteiger partial charge is 0.189 e. The van der Waals surface area contributed by atoms with Crippen molar-refractivity contribution in [2.24, 2.45) is 0 Å². The molecule has 0 saturated heterocycles. The van der Waals surface area contributed by atoms with Crippen molar-refractivity contribution in [3.05, 3.63) is 46.9 Å². The molecule has 3 heterocycles. The van der Waals surface area contributed by atoms with Crippen molar-refractivity contribution in [1.29, 1.82) is 0 Å². The Hall–Kier alpha value is -2.67. The molecule has 4 aromatic rings. The summed E-state index contributed by atoms with van der Waals surface area (Å²) in [4.78, 5) is 11.9. The van der Waals surface area contributed by atoms with Crippen LogP contribution in [0.3, 0.4) is 0 Å². The van der Waals surface area contributed by atoms with Gasteiger partial charge in [0.2, 0.25) is 0 Å². The number of ether oxygens (including phenoxy) is 2. The Morgan fingerprint density at radius 1 is 1.15 bits per heavy atom. The summed E-state index contributed by atoms with van der Waals surface area (Å²) in [7, 11) is 1.64. The quantitative estimate of drug-likeness (QED) is 0.497. The highest BCUT2D eigenvalue weighted by Crippen LogP contribution is 2.36. The predicted molar refractivity (Wildman–Crippen MR) is 105 cm³/mol. The first-order valence-electron chi connectivity index (χ1n) is 9.23. The van der Waals surface area contributed by atoms with E-state index < -0.39 is 0 Å². The zero-order chi connectivity index (χ0) is 18.2. The van der Waals surface area contributed by atoms with E-state index in [1.807, 2.05) is 35.6 Å². The van der Waals surface area contributed by atoms with E-state index in [1.165, 1.54) is 35.1 Å². The van der Waals surface area contributed by atoms with Gasteiger partial charge in [0.15, 0.2) is 11.5 Å². The second-order valence-corrected chi connectivity index (χ2v) is 7.84.